The first kappa shape index (κ1) is 54.6. The van der Waals surface area contributed by atoms with Crippen LogP contribution in [0.25, 0.3) is 143 Å². The molecular formula is C86H72N2. The van der Waals surface area contributed by atoms with Gasteiger partial charge in [-0.2, -0.15) is 0 Å². The first-order valence-corrected chi connectivity index (χ1v) is 31.2. The minimum atomic E-state index is -0.0290. The van der Waals surface area contributed by atoms with Crippen LogP contribution in [-0.2, 0) is 16.2 Å². The first-order valence-electron chi connectivity index (χ1n) is 31.2. The summed E-state index contributed by atoms with van der Waals surface area (Å²) in [4.78, 5) is 0. The second-order valence-electron chi connectivity index (χ2n) is 27.4. The molecule has 15 aromatic rings. The maximum Gasteiger partial charge on any atom is 0.0541 e. The summed E-state index contributed by atoms with van der Waals surface area (Å²) < 4.78 is 4.82. The van der Waals surface area contributed by atoms with Gasteiger partial charge < -0.3 is 9.13 Å². The van der Waals surface area contributed by atoms with E-state index in [4.69, 9.17) is 0 Å². The second kappa shape index (κ2) is 20.9. The highest BCUT2D eigenvalue weighted by Gasteiger charge is 2.24. The number of fused-ring (bicyclic) bond motifs is 8. The number of hydrogen-bond donors (Lipinski definition) is 0. The van der Waals surface area contributed by atoms with Gasteiger partial charge in [-0.15, -0.1) is 0 Å². The van der Waals surface area contributed by atoms with Crippen LogP contribution < -0.4 is 0 Å². The van der Waals surface area contributed by atoms with Crippen LogP contribution in [0.3, 0.4) is 0 Å². The maximum atomic E-state index is 2.46. The van der Waals surface area contributed by atoms with Crippen LogP contribution >= 0.6 is 0 Å². The highest BCUT2D eigenvalue weighted by atomic mass is 15.0. The summed E-state index contributed by atoms with van der Waals surface area (Å²) in [6.45, 7) is 20.7. The van der Waals surface area contributed by atoms with Crippen molar-refractivity contribution < 1.29 is 0 Å². The van der Waals surface area contributed by atoms with E-state index in [0.717, 1.165) is 0 Å². The minimum absolute atomic E-state index is 0.0290. The molecule has 0 aliphatic heterocycles. The van der Waals surface area contributed by atoms with Crippen molar-refractivity contribution in [3.63, 3.8) is 0 Å². The molecule has 0 N–H and O–H groups in total. The summed E-state index contributed by atoms with van der Waals surface area (Å²) >= 11 is 0. The van der Waals surface area contributed by atoms with Crippen molar-refractivity contribution >= 4 is 65.2 Å². The van der Waals surface area contributed by atoms with Crippen molar-refractivity contribution in [2.24, 2.45) is 0 Å². The lowest BCUT2D eigenvalue weighted by Crippen LogP contribution is -2.10. The average molecular weight is 1130 g/mol. The molecule has 0 unspecified atom stereocenters. The smallest absolute Gasteiger partial charge is 0.0541 e. The summed E-state index contributed by atoms with van der Waals surface area (Å²) in [6.07, 6.45) is 0. The van der Waals surface area contributed by atoms with E-state index in [1.54, 1.807) is 0 Å². The molecule has 88 heavy (non-hydrogen) atoms. The highest BCUT2D eigenvalue weighted by molar-refractivity contribution is 6.22. The van der Waals surface area contributed by atoms with Crippen LogP contribution in [0.5, 0.6) is 0 Å². The van der Waals surface area contributed by atoms with Gasteiger partial charge >= 0.3 is 0 Å². The Hall–Kier alpha value is -10.0. The number of nitrogens with zero attached hydrogens (tertiary/aromatic N) is 2. The normalized spacial score (nSPS) is 12.4. The van der Waals surface area contributed by atoms with Crippen molar-refractivity contribution in [2.45, 2.75) is 78.6 Å². The summed E-state index contributed by atoms with van der Waals surface area (Å²) in [7, 11) is 0. The lowest BCUT2D eigenvalue weighted by Gasteiger charge is -2.23. The Morgan fingerprint density at radius 3 is 0.795 bits per heavy atom. The zero-order valence-corrected chi connectivity index (χ0v) is 51.9. The van der Waals surface area contributed by atoms with Crippen molar-refractivity contribution in [1.29, 1.82) is 0 Å². The van der Waals surface area contributed by atoms with Crippen LogP contribution in [0.15, 0.2) is 273 Å². The Labute approximate surface area is 517 Å². The predicted molar refractivity (Wildman–Crippen MR) is 379 cm³/mol. The minimum Gasteiger partial charge on any atom is -0.309 e. The van der Waals surface area contributed by atoms with Gasteiger partial charge in [-0.1, -0.05) is 256 Å². The molecule has 2 heterocycles. The first-order chi connectivity index (χ1) is 42.5. The maximum absolute atomic E-state index is 2.46. The quantitative estimate of drug-likeness (QED) is 0.134. The molecule has 0 amide bonds. The molecule has 0 fully saturated rings. The van der Waals surface area contributed by atoms with E-state index in [0.29, 0.717) is 0 Å². The van der Waals surface area contributed by atoms with Crippen molar-refractivity contribution in [1.82, 2.24) is 9.13 Å². The molecule has 2 heteroatoms. The fourth-order valence-corrected chi connectivity index (χ4v) is 13.7. The third kappa shape index (κ3) is 9.51. The topological polar surface area (TPSA) is 9.86 Å². The number of para-hydroxylation sites is 2. The molecular weight excluding hydrogens is 1060 g/mol. The number of hydrogen-bond acceptors (Lipinski definition) is 0. The van der Waals surface area contributed by atoms with Crippen molar-refractivity contribution in [3.8, 4) is 78.1 Å². The molecule has 0 saturated carbocycles. The molecule has 0 radical (unpaired) electrons. The summed E-state index contributed by atoms with van der Waals surface area (Å²) in [5.74, 6) is 0. The van der Waals surface area contributed by atoms with Gasteiger partial charge in [-0.25, -0.2) is 0 Å². The largest absolute Gasteiger partial charge is 0.309 e. The molecule has 2 nitrogen and oxygen atoms in total. The Morgan fingerprint density at radius 1 is 0.193 bits per heavy atom. The third-order valence-electron chi connectivity index (χ3n) is 18.6. The Kier molecular flexibility index (Phi) is 12.9. The third-order valence-corrected chi connectivity index (χ3v) is 18.6. The van der Waals surface area contributed by atoms with E-state index < -0.39 is 0 Å². The monoisotopic (exact) mass is 1130 g/mol. The fourth-order valence-electron chi connectivity index (χ4n) is 13.7. The van der Waals surface area contributed by atoms with Gasteiger partial charge in [0.25, 0.3) is 0 Å². The molecule has 2 aromatic heterocycles. The van der Waals surface area contributed by atoms with Gasteiger partial charge in [0.05, 0.1) is 22.1 Å². The van der Waals surface area contributed by atoms with Gasteiger partial charge in [0.15, 0.2) is 0 Å². The van der Waals surface area contributed by atoms with E-state index in [1.165, 1.54) is 160 Å². The number of aromatic nitrogens is 2. The number of benzene rings is 13. The van der Waals surface area contributed by atoms with Crippen LogP contribution in [0.2, 0.25) is 0 Å². The number of rotatable bonds is 8. The second-order valence-corrected chi connectivity index (χ2v) is 27.4. The van der Waals surface area contributed by atoms with E-state index in [9.17, 15) is 0 Å². The molecule has 0 saturated heterocycles. The average Bonchev–Trinajstić information content (AvgIpc) is 1.13. The van der Waals surface area contributed by atoms with Gasteiger partial charge in [0, 0.05) is 32.9 Å². The van der Waals surface area contributed by atoms with Gasteiger partial charge in [0.1, 0.15) is 0 Å². The van der Waals surface area contributed by atoms with Gasteiger partial charge in [-0.3, -0.25) is 0 Å². The van der Waals surface area contributed by atoms with Gasteiger partial charge in [-0.05, 0) is 200 Å². The summed E-state index contributed by atoms with van der Waals surface area (Å²) in [5, 5.41) is 10.1. The Bertz CT molecular complexity index is 5170. The molecule has 0 aliphatic rings. The molecule has 0 atom stereocenters. The van der Waals surface area contributed by atoms with Crippen molar-refractivity contribution in [3.05, 3.63) is 290 Å². The molecule has 426 valence electrons. The molecule has 0 bridgehead atoms. The van der Waals surface area contributed by atoms with E-state index >= 15 is 0 Å². The SMILES string of the molecule is CC(C)(C)c1ccc2c(-c3ccc(-c4ccc(-c5ccc6c(c5)c5cc(C(C)(C)C)ccc5n6-c5ccccc5)cc4)cc3)c3ccccc3c(-c3ccc(-c4ccc(-c5ccc6c(c5)c5cc(C(C)(C)C)ccc5n6-c5ccccc5)cc4)cc3)c2c1. The standard InChI is InChI=1S/C86H72N2/c1-84(2,3)65-42-45-72-77(54-65)83(62-38-34-58(35-39-62)56-26-30-60(31-27-56)64-41-47-79-74(51-64)76-53-67(86(7,8)9)44-49-81(76)88(79)69-20-14-11-15-21-69)71-23-17-16-22-70(71)82(72)61-36-32-57(33-37-61)55-24-28-59(29-25-55)63-40-46-78-73(50-63)75-52-66(85(4,5)6)43-48-80(75)87(78)68-18-12-10-13-19-68/h10-54H,1-9H3. The lowest BCUT2D eigenvalue weighted by molar-refractivity contribution is 0.591. The Morgan fingerprint density at radius 2 is 0.443 bits per heavy atom. The zero-order chi connectivity index (χ0) is 60.2. The van der Waals surface area contributed by atoms with Crippen molar-refractivity contribution in [2.75, 3.05) is 0 Å². The van der Waals surface area contributed by atoms with Crippen LogP contribution in [0.1, 0.15) is 79.0 Å². The van der Waals surface area contributed by atoms with Gasteiger partial charge in [0.2, 0.25) is 0 Å². The molecule has 0 aliphatic carbocycles. The highest BCUT2D eigenvalue weighted by Crippen LogP contribution is 2.47. The fraction of sp³-hybridized carbons (Fsp3) is 0.140. The molecule has 15 rings (SSSR count). The Balaban J connectivity index is 0.745. The van der Waals surface area contributed by atoms with Crippen LogP contribution in [-0.4, -0.2) is 9.13 Å². The van der Waals surface area contributed by atoms with Crippen LogP contribution in [0, 0.1) is 0 Å². The predicted octanol–water partition coefficient (Wildman–Crippen LogP) is 24.1. The molecule has 13 aromatic carbocycles. The van der Waals surface area contributed by atoms with E-state index in [-0.39, 0.29) is 16.2 Å². The molecule has 0 spiro atoms. The van der Waals surface area contributed by atoms with Crippen LogP contribution in [0.4, 0.5) is 0 Å². The van der Waals surface area contributed by atoms with E-state index in [1.807, 2.05) is 0 Å². The van der Waals surface area contributed by atoms with E-state index in [2.05, 4.69) is 344 Å². The zero-order valence-electron chi connectivity index (χ0n) is 51.9. The lowest BCUT2D eigenvalue weighted by atomic mass is 9.81. The summed E-state index contributed by atoms with van der Waals surface area (Å²) in [5.41, 5.74) is 25.9. The summed E-state index contributed by atoms with van der Waals surface area (Å²) in [6, 6.07) is 103.